The van der Waals surface area contributed by atoms with Gasteiger partial charge >= 0.3 is 6.09 Å². The average Bonchev–Trinajstić information content (AvgIpc) is 2.61. The van der Waals surface area contributed by atoms with Gasteiger partial charge in [-0.2, -0.15) is 0 Å². The average molecular weight is 212 g/mol. The fourth-order valence-corrected chi connectivity index (χ4v) is 1.80. The van der Waals surface area contributed by atoms with Crippen LogP contribution < -0.4 is 0 Å². The molecule has 0 radical (unpaired) electrons. The van der Waals surface area contributed by atoms with Crippen molar-refractivity contribution in [3.63, 3.8) is 0 Å². The number of ether oxygens (including phenoxy) is 1. The minimum absolute atomic E-state index is 0.0406. The SMILES string of the molecule is O=C1OC[C@@H](c2ccccc2)N1CCl. The van der Waals surface area contributed by atoms with E-state index in [0.29, 0.717) is 6.61 Å². The van der Waals surface area contributed by atoms with Crippen LogP contribution in [0.25, 0.3) is 0 Å². The quantitative estimate of drug-likeness (QED) is 0.555. The molecule has 0 saturated carbocycles. The van der Waals surface area contributed by atoms with E-state index in [1.807, 2.05) is 30.3 Å². The van der Waals surface area contributed by atoms with Crippen LogP contribution in [-0.4, -0.2) is 23.6 Å². The molecular weight excluding hydrogens is 202 g/mol. The first-order valence-electron chi connectivity index (χ1n) is 4.37. The Bertz CT molecular complexity index is 328. The molecule has 0 aromatic heterocycles. The lowest BCUT2D eigenvalue weighted by Crippen LogP contribution is -2.25. The van der Waals surface area contributed by atoms with Gasteiger partial charge in [-0.3, -0.25) is 4.90 Å². The fourth-order valence-electron chi connectivity index (χ4n) is 1.53. The van der Waals surface area contributed by atoms with E-state index in [1.165, 1.54) is 4.90 Å². The Morgan fingerprint density at radius 1 is 1.43 bits per heavy atom. The van der Waals surface area contributed by atoms with Crippen molar-refractivity contribution in [3.8, 4) is 0 Å². The molecule has 1 fully saturated rings. The monoisotopic (exact) mass is 211 g/mol. The van der Waals surface area contributed by atoms with Gasteiger partial charge in [-0.1, -0.05) is 30.3 Å². The largest absolute Gasteiger partial charge is 0.447 e. The number of hydrogen-bond acceptors (Lipinski definition) is 2. The molecule has 1 aromatic carbocycles. The molecule has 2 rings (SSSR count). The lowest BCUT2D eigenvalue weighted by atomic mass is 10.1. The highest BCUT2D eigenvalue weighted by molar-refractivity contribution is 6.18. The molecule has 0 unspecified atom stereocenters. The molecule has 74 valence electrons. The van der Waals surface area contributed by atoms with Crippen LogP contribution in [0.4, 0.5) is 4.79 Å². The topological polar surface area (TPSA) is 29.5 Å². The number of benzene rings is 1. The zero-order valence-electron chi connectivity index (χ0n) is 7.52. The Balaban J connectivity index is 2.23. The van der Waals surface area contributed by atoms with Crippen molar-refractivity contribution in [1.29, 1.82) is 0 Å². The van der Waals surface area contributed by atoms with Gasteiger partial charge in [-0.05, 0) is 5.56 Å². The highest BCUT2D eigenvalue weighted by Gasteiger charge is 2.32. The number of nitrogens with zero attached hydrogens (tertiary/aromatic N) is 1. The second-order valence-electron chi connectivity index (χ2n) is 3.09. The van der Waals surface area contributed by atoms with Crippen LogP contribution in [0.2, 0.25) is 0 Å². The third-order valence-corrected chi connectivity index (χ3v) is 2.55. The fraction of sp³-hybridized carbons (Fsp3) is 0.300. The summed E-state index contributed by atoms with van der Waals surface area (Å²) in [6.45, 7) is 0.384. The van der Waals surface area contributed by atoms with Gasteiger partial charge in [0, 0.05) is 0 Å². The van der Waals surface area contributed by atoms with Crippen molar-refractivity contribution < 1.29 is 9.53 Å². The molecule has 4 heteroatoms. The summed E-state index contributed by atoms with van der Waals surface area (Å²) >= 11 is 5.67. The van der Waals surface area contributed by atoms with Crippen LogP contribution in [0.3, 0.4) is 0 Å². The number of rotatable bonds is 2. The zero-order chi connectivity index (χ0) is 9.97. The standard InChI is InChI=1S/C10H10ClNO2/c11-7-12-9(6-14-10(12)13)8-4-2-1-3-5-8/h1-5,9H,6-7H2/t9-/m0/s1. The number of cyclic esters (lactones) is 1. The van der Waals surface area contributed by atoms with E-state index in [-0.39, 0.29) is 18.1 Å². The molecule has 1 aliphatic rings. The molecule has 0 bridgehead atoms. The second kappa shape index (κ2) is 3.88. The van der Waals surface area contributed by atoms with E-state index in [4.69, 9.17) is 16.3 Å². The Kier molecular flexibility index (Phi) is 2.59. The van der Waals surface area contributed by atoms with E-state index in [0.717, 1.165) is 5.56 Å². The van der Waals surface area contributed by atoms with Gasteiger partial charge in [0.1, 0.15) is 6.61 Å². The molecule has 1 amide bonds. The van der Waals surface area contributed by atoms with Crippen molar-refractivity contribution in [2.75, 3.05) is 12.6 Å². The number of halogens is 1. The molecule has 1 atom stereocenters. The maximum Gasteiger partial charge on any atom is 0.411 e. The summed E-state index contributed by atoms with van der Waals surface area (Å²) in [6, 6.07) is 9.86. The first kappa shape index (κ1) is 9.34. The van der Waals surface area contributed by atoms with E-state index in [9.17, 15) is 4.79 Å². The molecule has 1 aromatic rings. The summed E-state index contributed by atoms with van der Waals surface area (Å²) in [5, 5.41) is 0. The summed E-state index contributed by atoms with van der Waals surface area (Å²) in [6.07, 6.45) is -0.339. The number of amides is 1. The van der Waals surface area contributed by atoms with Crippen LogP contribution in [-0.2, 0) is 4.74 Å². The lowest BCUT2D eigenvalue weighted by molar-refractivity contribution is 0.162. The number of alkyl halides is 1. The summed E-state index contributed by atoms with van der Waals surface area (Å²) in [7, 11) is 0. The van der Waals surface area contributed by atoms with Gasteiger partial charge in [0.05, 0.1) is 12.0 Å². The lowest BCUT2D eigenvalue weighted by Gasteiger charge is -2.18. The van der Waals surface area contributed by atoms with Crippen molar-refractivity contribution in [2.24, 2.45) is 0 Å². The van der Waals surface area contributed by atoms with Crippen molar-refractivity contribution in [3.05, 3.63) is 35.9 Å². The first-order chi connectivity index (χ1) is 6.83. The highest BCUT2D eigenvalue weighted by atomic mass is 35.5. The number of hydrogen-bond donors (Lipinski definition) is 0. The van der Waals surface area contributed by atoms with E-state index >= 15 is 0 Å². The molecule has 3 nitrogen and oxygen atoms in total. The molecular formula is C10H10ClNO2. The molecule has 0 aliphatic carbocycles. The van der Waals surface area contributed by atoms with Crippen molar-refractivity contribution in [2.45, 2.75) is 6.04 Å². The van der Waals surface area contributed by atoms with Crippen LogP contribution in [0.5, 0.6) is 0 Å². The third-order valence-electron chi connectivity index (χ3n) is 2.29. The molecule has 1 saturated heterocycles. The number of carbonyl (C=O) groups is 1. The van der Waals surface area contributed by atoms with Gasteiger partial charge in [-0.25, -0.2) is 4.79 Å². The van der Waals surface area contributed by atoms with Crippen LogP contribution in [0.15, 0.2) is 30.3 Å². The maximum atomic E-state index is 11.2. The van der Waals surface area contributed by atoms with E-state index < -0.39 is 0 Å². The highest BCUT2D eigenvalue weighted by Crippen LogP contribution is 2.27. The van der Waals surface area contributed by atoms with Crippen molar-refractivity contribution >= 4 is 17.7 Å². The normalized spacial score (nSPS) is 21.1. The smallest absolute Gasteiger partial charge is 0.411 e. The predicted octanol–water partition coefficient (Wildman–Crippen LogP) is 2.38. The Morgan fingerprint density at radius 3 is 2.79 bits per heavy atom. The molecule has 1 heterocycles. The molecule has 0 spiro atoms. The minimum atomic E-state index is -0.339. The van der Waals surface area contributed by atoms with Gasteiger partial charge < -0.3 is 4.74 Å². The van der Waals surface area contributed by atoms with Gasteiger partial charge in [-0.15, -0.1) is 11.6 Å². The summed E-state index contributed by atoms with van der Waals surface area (Å²) in [5.74, 6) is 0. The Morgan fingerprint density at radius 2 is 2.14 bits per heavy atom. The van der Waals surface area contributed by atoms with E-state index in [2.05, 4.69) is 0 Å². The first-order valence-corrected chi connectivity index (χ1v) is 4.90. The van der Waals surface area contributed by atoms with Gasteiger partial charge in [0.2, 0.25) is 0 Å². The minimum Gasteiger partial charge on any atom is -0.447 e. The van der Waals surface area contributed by atoms with Crippen LogP contribution >= 0.6 is 11.6 Å². The second-order valence-corrected chi connectivity index (χ2v) is 3.33. The summed E-state index contributed by atoms with van der Waals surface area (Å²) in [4.78, 5) is 12.7. The molecule has 14 heavy (non-hydrogen) atoms. The van der Waals surface area contributed by atoms with Gasteiger partial charge in [0.15, 0.2) is 0 Å². The zero-order valence-corrected chi connectivity index (χ0v) is 8.28. The van der Waals surface area contributed by atoms with Gasteiger partial charge in [0.25, 0.3) is 0 Å². The van der Waals surface area contributed by atoms with E-state index in [1.54, 1.807) is 0 Å². The maximum absolute atomic E-state index is 11.2. The summed E-state index contributed by atoms with van der Waals surface area (Å²) < 4.78 is 4.93. The van der Waals surface area contributed by atoms with Crippen LogP contribution in [0.1, 0.15) is 11.6 Å². The molecule has 1 aliphatic heterocycles. The van der Waals surface area contributed by atoms with Crippen molar-refractivity contribution in [1.82, 2.24) is 4.90 Å². The Hall–Kier alpha value is -1.22. The summed E-state index contributed by atoms with van der Waals surface area (Å²) in [5.41, 5.74) is 1.05. The molecule has 0 N–H and O–H groups in total. The predicted molar refractivity (Wildman–Crippen MR) is 53.1 cm³/mol. The Labute approximate surface area is 87.2 Å². The third kappa shape index (κ3) is 1.55. The van der Waals surface area contributed by atoms with Crippen LogP contribution in [0, 0.1) is 0 Å². The number of carbonyl (C=O) groups excluding carboxylic acids is 1.